The number of thioether (sulfide) groups is 1. The maximum Gasteiger partial charge on any atom is 0.313 e. The second kappa shape index (κ2) is 5.44. The van der Waals surface area contributed by atoms with Gasteiger partial charge in [0.1, 0.15) is 5.52 Å². The first kappa shape index (κ1) is 14.8. The van der Waals surface area contributed by atoms with Crippen LogP contribution in [0.1, 0.15) is 32.8 Å². The standard InChI is InChI=1S/C14H19N3O2S/c1-5-14(3,4)17-12-10(6-9(2)7-15-12)16-13(17)20-8-11(18)19/h6-7H,5,8H2,1-4H3,(H,18,19). The molecule has 0 aromatic carbocycles. The first-order valence-electron chi connectivity index (χ1n) is 6.55. The molecule has 108 valence electrons. The summed E-state index contributed by atoms with van der Waals surface area (Å²) in [6.45, 7) is 8.30. The van der Waals surface area contributed by atoms with E-state index in [2.05, 4.69) is 35.3 Å². The molecule has 2 aromatic rings. The summed E-state index contributed by atoms with van der Waals surface area (Å²) >= 11 is 1.24. The molecule has 0 aliphatic carbocycles. The van der Waals surface area contributed by atoms with Gasteiger partial charge in [0.25, 0.3) is 0 Å². The number of pyridine rings is 1. The number of rotatable bonds is 5. The van der Waals surface area contributed by atoms with E-state index in [0.29, 0.717) is 5.16 Å². The van der Waals surface area contributed by atoms with Crippen molar-refractivity contribution in [2.24, 2.45) is 0 Å². The highest BCUT2D eigenvalue weighted by Crippen LogP contribution is 2.31. The maximum atomic E-state index is 10.8. The summed E-state index contributed by atoms with van der Waals surface area (Å²) in [6.07, 6.45) is 2.73. The lowest BCUT2D eigenvalue weighted by Gasteiger charge is -2.27. The molecule has 0 fully saturated rings. The fourth-order valence-electron chi connectivity index (χ4n) is 1.97. The molecule has 20 heavy (non-hydrogen) atoms. The van der Waals surface area contributed by atoms with Gasteiger partial charge in [0, 0.05) is 11.7 Å². The van der Waals surface area contributed by atoms with Crippen molar-refractivity contribution >= 4 is 28.9 Å². The molecule has 0 saturated carbocycles. The lowest BCUT2D eigenvalue weighted by Crippen LogP contribution is -2.26. The van der Waals surface area contributed by atoms with Gasteiger partial charge in [0.05, 0.1) is 5.75 Å². The molecule has 0 atom stereocenters. The number of fused-ring (bicyclic) bond motifs is 1. The summed E-state index contributed by atoms with van der Waals surface area (Å²) in [7, 11) is 0. The highest BCUT2D eigenvalue weighted by Gasteiger charge is 2.25. The predicted octanol–water partition coefficient (Wildman–Crippen LogP) is 3.06. The Hall–Kier alpha value is -1.56. The Morgan fingerprint density at radius 3 is 2.80 bits per heavy atom. The normalized spacial score (nSPS) is 12.0. The van der Waals surface area contributed by atoms with Crippen LogP contribution in [0.5, 0.6) is 0 Å². The predicted molar refractivity (Wildman–Crippen MR) is 80.2 cm³/mol. The van der Waals surface area contributed by atoms with Gasteiger partial charge in [-0.05, 0) is 38.8 Å². The van der Waals surface area contributed by atoms with Crippen molar-refractivity contribution in [2.75, 3.05) is 5.75 Å². The minimum absolute atomic E-state index is 0.00208. The van der Waals surface area contributed by atoms with Gasteiger partial charge in [-0.1, -0.05) is 18.7 Å². The van der Waals surface area contributed by atoms with Crippen LogP contribution in [0.15, 0.2) is 17.4 Å². The summed E-state index contributed by atoms with van der Waals surface area (Å²) < 4.78 is 2.05. The molecular weight excluding hydrogens is 274 g/mol. The van der Waals surface area contributed by atoms with Crippen molar-refractivity contribution in [2.45, 2.75) is 44.8 Å². The molecule has 6 heteroatoms. The van der Waals surface area contributed by atoms with Gasteiger partial charge in [0.15, 0.2) is 10.8 Å². The number of aromatic nitrogens is 3. The van der Waals surface area contributed by atoms with Gasteiger partial charge < -0.3 is 5.11 Å². The van der Waals surface area contributed by atoms with Gasteiger partial charge in [-0.3, -0.25) is 9.36 Å². The van der Waals surface area contributed by atoms with Crippen LogP contribution < -0.4 is 0 Å². The molecule has 0 amide bonds. The van der Waals surface area contributed by atoms with E-state index in [-0.39, 0.29) is 11.3 Å². The molecular formula is C14H19N3O2S. The van der Waals surface area contributed by atoms with Crippen molar-refractivity contribution in [3.05, 3.63) is 17.8 Å². The minimum atomic E-state index is -0.841. The van der Waals surface area contributed by atoms with Crippen LogP contribution in [0.25, 0.3) is 11.2 Å². The van der Waals surface area contributed by atoms with Crippen molar-refractivity contribution in [3.63, 3.8) is 0 Å². The third-order valence-electron chi connectivity index (χ3n) is 3.40. The van der Waals surface area contributed by atoms with Gasteiger partial charge >= 0.3 is 5.97 Å². The number of carboxylic acid groups (broad SMARTS) is 1. The number of aryl methyl sites for hydroxylation is 1. The topological polar surface area (TPSA) is 68.0 Å². The zero-order valence-corrected chi connectivity index (χ0v) is 13.0. The highest BCUT2D eigenvalue weighted by atomic mass is 32.2. The van der Waals surface area contributed by atoms with E-state index in [4.69, 9.17) is 5.11 Å². The van der Waals surface area contributed by atoms with E-state index in [0.717, 1.165) is 23.1 Å². The summed E-state index contributed by atoms with van der Waals surface area (Å²) in [6, 6.07) is 1.98. The Balaban J connectivity index is 2.59. The lowest BCUT2D eigenvalue weighted by molar-refractivity contribution is -0.133. The van der Waals surface area contributed by atoms with E-state index in [1.807, 2.05) is 19.2 Å². The number of hydrogen-bond donors (Lipinski definition) is 1. The number of carboxylic acids is 1. The molecule has 0 radical (unpaired) electrons. The van der Waals surface area contributed by atoms with Crippen molar-refractivity contribution in [1.29, 1.82) is 0 Å². The summed E-state index contributed by atoms with van der Waals surface area (Å²) in [4.78, 5) is 19.8. The van der Waals surface area contributed by atoms with E-state index in [1.54, 1.807) is 0 Å². The number of nitrogens with zero attached hydrogens (tertiary/aromatic N) is 3. The molecule has 1 N–H and O–H groups in total. The molecule has 0 spiro atoms. The van der Waals surface area contributed by atoms with Crippen molar-refractivity contribution in [1.82, 2.24) is 14.5 Å². The van der Waals surface area contributed by atoms with Gasteiger partial charge in [0.2, 0.25) is 0 Å². The van der Waals surface area contributed by atoms with Crippen LogP contribution in [0.3, 0.4) is 0 Å². The van der Waals surface area contributed by atoms with Crippen LogP contribution in [0.4, 0.5) is 0 Å². The quantitative estimate of drug-likeness (QED) is 0.858. The molecule has 5 nitrogen and oxygen atoms in total. The first-order chi connectivity index (χ1) is 9.35. The second-order valence-corrected chi connectivity index (χ2v) is 6.38. The monoisotopic (exact) mass is 293 g/mol. The van der Waals surface area contributed by atoms with Gasteiger partial charge in [-0.2, -0.15) is 0 Å². The summed E-state index contributed by atoms with van der Waals surface area (Å²) in [5.74, 6) is -0.839. The molecule has 0 bridgehead atoms. The molecule has 0 saturated heterocycles. The third-order valence-corrected chi connectivity index (χ3v) is 4.32. The average molecular weight is 293 g/mol. The summed E-state index contributed by atoms with van der Waals surface area (Å²) in [5.41, 5.74) is 2.53. The van der Waals surface area contributed by atoms with Crippen molar-refractivity contribution in [3.8, 4) is 0 Å². The average Bonchev–Trinajstić information content (AvgIpc) is 2.74. The largest absolute Gasteiger partial charge is 0.481 e. The number of hydrogen-bond acceptors (Lipinski definition) is 4. The Labute approximate surface area is 122 Å². The Morgan fingerprint density at radius 1 is 1.50 bits per heavy atom. The van der Waals surface area contributed by atoms with Crippen LogP contribution in [0.2, 0.25) is 0 Å². The van der Waals surface area contributed by atoms with Crippen LogP contribution in [-0.4, -0.2) is 31.4 Å². The zero-order chi connectivity index (χ0) is 14.9. The Kier molecular flexibility index (Phi) is 4.04. The zero-order valence-electron chi connectivity index (χ0n) is 12.2. The van der Waals surface area contributed by atoms with Crippen LogP contribution in [0, 0.1) is 6.92 Å². The van der Waals surface area contributed by atoms with Gasteiger partial charge in [-0.25, -0.2) is 9.97 Å². The minimum Gasteiger partial charge on any atom is -0.481 e. The number of aliphatic carboxylic acids is 1. The van der Waals surface area contributed by atoms with E-state index >= 15 is 0 Å². The SMILES string of the molecule is CCC(C)(C)n1c(SCC(=O)O)nc2cc(C)cnc21. The second-order valence-electron chi connectivity index (χ2n) is 5.43. The number of imidazole rings is 1. The third kappa shape index (κ3) is 2.80. The molecule has 2 heterocycles. The molecule has 0 unspecified atom stereocenters. The number of carbonyl (C=O) groups is 1. The van der Waals surface area contributed by atoms with Crippen LogP contribution >= 0.6 is 11.8 Å². The van der Waals surface area contributed by atoms with Gasteiger partial charge in [-0.15, -0.1) is 0 Å². The Morgan fingerprint density at radius 2 is 2.20 bits per heavy atom. The van der Waals surface area contributed by atoms with E-state index in [1.165, 1.54) is 11.8 Å². The van der Waals surface area contributed by atoms with Crippen LogP contribution in [-0.2, 0) is 10.3 Å². The smallest absolute Gasteiger partial charge is 0.313 e. The lowest BCUT2D eigenvalue weighted by atomic mass is 10.0. The fraction of sp³-hybridized carbons (Fsp3) is 0.500. The van der Waals surface area contributed by atoms with E-state index < -0.39 is 5.97 Å². The molecule has 0 aliphatic heterocycles. The molecule has 2 rings (SSSR count). The fourth-order valence-corrected chi connectivity index (χ4v) is 2.85. The van der Waals surface area contributed by atoms with E-state index in [9.17, 15) is 4.79 Å². The molecule has 0 aliphatic rings. The highest BCUT2D eigenvalue weighted by molar-refractivity contribution is 7.99. The first-order valence-corrected chi connectivity index (χ1v) is 7.54. The summed E-state index contributed by atoms with van der Waals surface area (Å²) in [5, 5.41) is 9.59. The maximum absolute atomic E-state index is 10.8. The van der Waals surface area contributed by atoms with Crippen molar-refractivity contribution < 1.29 is 9.90 Å². The Bertz CT molecular complexity index is 649. The molecule has 2 aromatic heterocycles.